The van der Waals surface area contributed by atoms with E-state index >= 15 is 0 Å². The van der Waals surface area contributed by atoms with Gasteiger partial charge in [0, 0.05) is 12.2 Å². The molecule has 0 saturated heterocycles. The zero-order chi connectivity index (χ0) is 13.2. The first-order valence-corrected chi connectivity index (χ1v) is 6.83. The summed E-state index contributed by atoms with van der Waals surface area (Å²) in [6, 6.07) is 6.96. The van der Waals surface area contributed by atoms with Crippen LogP contribution < -0.4 is 10.5 Å². The predicted octanol–water partition coefficient (Wildman–Crippen LogP) is 0.978. The summed E-state index contributed by atoms with van der Waals surface area (Å²) in [4.78, 5) is 0.139. The van der Waals surface area contributed by atoms with Crippen molar-refractivity contribution in [3.8, 4) is 0 Å². The Balaban J connectivity index is 2.31. The molecule has 7 heteroatoms. The molecule has 4 N–H and O–H groups in total. The van der Waals surface area contributed by atoms with Gasteiger partial charge in [-0.25, -0.2) is 8.42 Å². The first-order valence-electron chi connectivity index (χ1n) is 5.35. The fourth-order valence-electron chi connectivity index (χ4n) is 1.58. The monoisotopic (exact) mass is 266 g/mol. The van der Waals surface area contributed by atoms with Crippen LogP contribution in [0.1, 0.15) is 11.3 Å². The largest absolute Gasteiger partial charge is 0.326 e. The number of aromatic nitrogens is 2. The number of aryl methyl sites for hydroxylation is 1. The topological polar surface area (TPSA) is 101 Å². The molecule has 0 amide bonds. The van der Waals surface area contributed by atoms with E-state index < -0.39 is 10.0 Å². The lowest BCUT2D eigenvalue weighted by Gasteiger charge is -2.08. The number of hydrogen-bond acceptors (Lipinski definition) is 4. The number of nitrogens with zero attached hydrogens (tertiary/aromatic N) is 1. The molecular weight excluding hydrogens is 252 g/mol. The predicted molar refractivity (Wildman–Crippen MR) is 68.5 cm³/mol. The Hall–Kier alpha value is -1.86. The second-order valence-electron chi connectivity index (χ2n) is 3.87. The van der Waals surface area contributed by atoms with Gasteiger partial charge in [-0.15, -0.1) is 0 Å². The van der Waals surface area contributed by atoms with Gasteiger partial charge in [-0.05, 0) is 24.6 Å². The second-order valence-corrected chi connectivity index (χ2v) is 5.52. The summed E-state index contributed by atoms with van der Waals surface area (Å²) in [6.45, 7) is 2.01. The van der Waals surface area contributed by atoms with E-state index in [9.17, 15) is 8.42 Å². The van der Waals surface area contributed by atoms with Crippen LogP contribution in [0.3, 0.4) is 0 Å². The average molecular weight is 266 g/mol. The molecule has 0 saturated carbocycles. The van der Waals surface area contributed by atoms with Crippen LogP contribution in [0.25, 0.3) is 0 Å². The van der Waals surface area contributed by atoms with Gasteiger partial charge in [-0.1, -0.05) is 12.1 Å². The van der Waals surface area contributed by atoms with E-state index in [0.29, 0.717) is 17.9 Å². The number of rotatable bonds is 4. The lowest BCUT2D eigenvalue weighted by Crippen LogP contribution is -2.13. The van der Waals surface area contributed by atoms with Crippen molar-refractivity contribution in [2.24, 2.45) is 5.73 Å². The Bertz CT molecular complexity index is 649. The van der Waals surface area contributed by atoms with Crippen LogP contribution in [0, 0.1) is 6.92 Å². The maximum Gasteiger partial charge on any atom is 0.265 e. The number of H-pyrrole nitrogens is 1. The summed E-state index contributed by atoms with van der Waals surface area (Å²) in [6.07, 6.45) is 1.28. The van der Waals surface area contributed by atoms with Gasteiger partial charge in [0.15, 0.2) is 0 Å². The number of aromatic amines is 1. The standard InChI is InChI=1S/C11H14N4O2S/c1-8-11(7-13-14-8)18(16,17)15-10-4-2-3-9(5-10)6-12/h2-5,7,15H,6,12H2,1H3,(H,13,14). The van der Waals surface area contributed by atoms with E-state index in [1.807, 2.05) is 6.07 Å². The van der Waals surface area contributed by atoms with E-state index in [4.69, 9.17) is 5.73 Å². The Kier molecular flexibility index (Phi) is 3.35. The minimum absolute atomic E-state index is 0.139. The molecule has 0 spiro atoms. The average Bonchev–Trinajstić information content (AvgIpc) is 2.76. The number of benzene rings is 1. The maximum atomic E-state index is 12.1. The summed E-state index contributed by atoms with van der Waals surface area (Å²) in [5.41, 5.74) is 7.35. The summed E-state index contributed by atoms with van der Waals surface area (Å²) in [5.74, 6) is 0. The third-order valence-corrected chi connectivity index (χ3v) is 3.98. The fraction of sp³-hybridized carbons (Fsp3) is 0.182. The number of sulfonamides is 1. The van der Waals surface area contributed by atoms with Crippen molar-refractivity contribution in [3.05, 3.63) is 41.7 Å². The van der Waals surface area contributed by atoms with Gasteiger partial charge >= 0.3 is 0 Å². The van der Waals surface area contributed by atoms with E-state index in [2.05, 4.69) is 14.9 Å². The molecule has 1 aromatic carbocycles. The highest BCUT2D eigenvalue weighted by Crippen LogP contribution is 2.18. The van der Waals surface area contributed by atoms with Crippen LogP contribution in [-0.4, -0.2) is 18.6 Å². The molecule has 1 aromatic heterocycles. The van der Waals surface area contributed by atoms with Crippen molar-refractivity contribution < 1.29 is 8.42 Å². The van der Waals surface area contributed by atoms with Gasteiger partial charge in [0.1, 0.15) is 4.90 Å². The molecule has 0 aliphatic rings. The Labute approximate surface area is 105 Å². The van der Waals surface area contributed by atoms with Gasteiger partial charge in [-0.3, -0.25) is 9.82 Å². The van der Waals surface area contributed by atoms with Crippen molar-refractivity contribution >= 4 is 15.7 Å². The smallest absolute Gasteiger partial charge is 0.265 e. The number of hydrogen-bond donors (Lipinski definition) is 3. The van der Waals surface area contributed by atoms with Crippen molar-refractivity contribution in [2.45, 2.75) is 18.4 Å². The molecule has 0 unspecified atom stereocenters. The minimum atomic E-state index is -3.61. The van der Waals surface area contributed by atoms with E-state index in [-0.39, 0.29) is 4.90 Å². The first-order chi connectivity index (χ1) is 8.53. The van der Waals surface area contributed by atoms with E-state index in [0.717, 1.165) is 5.56 Å². The Morgan fingerprint density at radius 3 is 2.83 bits per heavy atom. The zero-order valence-corrected chi connectivity index (χ0v) is 10.7. The molecule has 0 bridgehead atoms. The zero-order valence-electron chi connectivity index (χ0n) is 9.84. The van der Waals surface area contributed by atoms with E-state index in [1.165, 1.54) is 6.20 Å². The summed E-state index contributed by atoms with van der Waals surface area (Å²) in [5, 5.41) is 6.29. The third kappa shape index (κ3) is 2.52. The third-order valence-electron chi connectivity index (χ3n) is 2.49. The minimum Gasteiger partial charge on any atom is -0.326 e. The highest BCUT2D eigenvalue weighted by molar-refractivity contribution is 7.92. The summed E-state index contributed by atoms with van der Waals surface area (Å²) in [7, 11) is -3.61. The molecule has 2 rings (SSSR count). The molecule has 1 heterocycles. The van der Waals surface area contributed by atoms with Crippen LogP contribution in [0.4, 0.5) is 5.69 Å². The van der Waals surface area contributed by atoms with Gasteiger partial charge in [0.2, 0.25) is 0 Å². The summed E-state index contributed by atoms with van der Waals surface area (Å²) < 4.78 is 26.7. The lowest BCUT2D eigenvalue weighted by molar-refractivity contribution is 0.600. The quantitative estimate of drug-likeness (QED) is 0.767. The molecule has 18 heavy (non-hydrogen) atoms. The molecular formula is C11H14N4O2S. The molecule has 0 aliphatic heterocycles. The van der Waals surface area contributed by atoms with Crippen LogP contribution in [0.5, 0.6) is 0 Å². The van der Waals surface area contributed by atoms with Gasteiger partial charge in [0.25, 0.3) is 10.0 Å². The molecule has 0 aliphatic carbocycles. The van der Waals surface area contributed by atoms with Crippen LogP contribution in [0.15, 0.2) is 35.4 Å². The van der Waals surface area contributed by atoms with Gasteiger partial charge in [0.05, 0.1) is 11.9 Å². The highest BCUT2D eigenvalue weighted by Gasteiger charge is 2.18. The number of nitrogens with one attached hydrogen (secondary N) is 2. The SMILES string of the molecule is Cc1[nH]ncc1S(=O)(=O)Nc1cccc(CN)c1. The fourth-order valence-corrected chi connectivity index (χ4v) is 2.77. The van der Waals surface area contributed by atoms with Crippen molar-refractivity contribution in [3.63, 3.8) is 0 Å². The lowest BCUT2D eigenvalue weighted by atomic mass is 10.2. The molecule has 6 nitrogen and oxygen atoms in total. The molecule has 2 aromatic rings. The molecule has 0 fully saturated rings. The van der Waals surface area contributed by atoms with Crippen LogP contribution in [-0.2, 0) is 16.6 Å². The van der Waals surface area contributed by atoms with Crippen LogP contribution >= 0.6 is 0 Å². The van der Waals surface area contributed by atoms with Crippen LogP contribution in [0.2, 0.25) is 0 Å². The van der Waals surface area contributed by atoms with Crippen molar-refractivity contribution in [1.29, 1.82) is 0 Å². The second kappa shape index (κ2) is 4.79. The van der Waals surface area contributed by atoms with Gasteiger partial charge in [-0.2, -0.15) is 5.10 Å². The number of nitrogens with two attached hydrogens (primary N) is 1. The van der Waals surface area contributed by atoms with Crippen molar-refractivity contribution in [2.75, 3.05) is 4.72 Å². The normalized spacial score (nSPS) is 11.4. The number of anilines is 1. The Morgan fingerprint density at radius 2 is 2.22 bits per heavy atom. The Morgan fingerprint density at radius 1 is 1.44 bits per heavy atom. The van der Waals surface area contributed by atoms with Gasteiger partial charge < -0.3 is 5.73 Å². The molecule has 96 valence electrons. The van der Waals surface area contributed by atoms with E-state index in [1.54, 1.807) is 25.1 Å². The highest BCUT2D eigenvalue weighted by atomic mass is 32.2. The maximum absolute atomic E-state index is 12.1. The summed E-state index contributed by atoms with van der Waals surface area (Å²) >= 11 is 0. The molecule has 0 radical (unpaired) electrons. The van der Waals surface area contributed by atoms with Crippen molar-refractivity contribution in [1.82, 2.24) is 10.2 Å². The molecule has 0 atom stereocenters. The first kappa shape index (κ1) is 12.6.